The minimum absolute atomic E-state index is 0.0956. The van der Waals surface area contributed by atoms with E-state index in [4.69, 9.17) is 0 Å². The van der Waals surface area contributed by atoms with E-state index in [1.54, 1.807) is 0 Å². The van der Waals surface area contributed by atoms with Crippen LogP contribution in [0.1, 0.15) is 24.0 Å². The predicted molar refractivity (Wildman–Crippen MR) is 93.7 cm³/mol. The summed E-state index contributed by atoms with van der Waals surface area (Å²) in [5.74, 6) is 0.637. The van der Waals surface area contributed by atoms with Crippen LogP contribution in [0.4, 0.5) is 0 Å². The maximum absolute atomic E-state index is 12.1. The lowest BCUT2D eigenvalue weighted by molar-refractivity contribution is 0.444. The fourth-order valence-corrected chi connectivity index (χ4v) is 6.24. The highest BCUT2D eigenvalue weighted by Gasteiger charge is 2.28. The molecule has 1 aromatic rings. The lowest BCUT2D eigenvalue weighted by Gasteiger charge is -2.15. The zero-order valence-electron chi connectivity index (χ0n) is 13.6. The minimum atomic E-state index is -3.36. The molecular weight excluding hydrogens is 348 g/mol. The van der Waals surface area contributed by atoms with Gasteiger partial charge in [0.15, 0.2) is 0 Å². The molecule has 1 fully saturated rings. The maximum Gasteiger partial charge on any atom is 0.214 e. The molecule has 24 heavy (non-hydrogen) atoms. The number of nitrogens with zero attached hydrogens (tertiary/aromatic N) is 1. The average molecular weight is 373 g/mol. The quantitative estimate of drug-likeness (QED) is 0.765. The molecule has 1 heterocycles. The van der Waals surface area contributed by atoms with E-state index in [9.17, 15) is 16.8 Å². The summed E-state index contributed by atoms with van der Waals surface area (Å²) >= 11 is 0. The third kappa shape index (κ3) is 4.36. The van der Waals surface area contributed by atoms with E-state index in [1.807, 2.05) is 12.1 Å². The molecule has 6 nitrogen and oxygen atoms in total. The number of nitrogens with one attached hydrogen (secondary N) is 1. The van der Waals surface area contributed by atoms with Crippen LogP contribution in [-0.2, 0) is 32.9 Å². The zero-order chi connectivity index (χ0) is 17.2. The Labute approximate surface area is 144 Å². The van der Waals surface area contributed by atoms with Gasteiger partial charge in [0.25, 0.3) is 0 Å². The van der Waals surface area contributed by atoms with Crippen molar-refractivity contribution in [2.45, 2.75) is 25.7 Å². The Morgan fingerprint density at radius 1 is 1.17 bits per heavy atom. The van der Waals surface area contributed by atoms with Crippen molar-refractivity contribution < 1.29 is 16.8 Å². The van der Waals surface area contributed by atoms with E-state index < -0.39 is 20.0 Å². The Bertz CT molecular complexity index is 765. The van der Waals surface area contributed by atoms with Gasteiger partial charge in [-0.3, -0.25) is 0 Å². The molecule has 0 radical (unpaired) electrons. The first-order chi connectivity index (χ1) is 11.4. The van der Waals surface area contributed by atoms with Crippen molar-refractivity contribution in [3.63, 3.8) is 0 Å². The van der Waals surface area contributed by atoms with Gasteiger partial charge in [0, 0.05) is 19.6 Å². The molecule has 1 aliphatic carbocycles. The number of benzene rings is 1. The summed E-state index contributed by atoms with van der Waals surface area (Å²) < 4.78 is 51.5. The van der Waals surface area contributed by atoms with Crippen molar-refractivity contribution in [3.8, 4) is 0 Å². The van der Waals surface area contributed by atoms with Crippen LogP contribution >= 0.6 is 0 Å². The third-order valence-electron chi connectivity index (χ3n) is 4.82. The van der Waals surface area contributed by atoms with Gasteiger partial charge in [-0.05, 0) is 42.7 Å². The Hall–Kier alpha value is -0.960. The van der Waals surface area contributed by atoms with Crippen molar-refractivity contribution in [2.75, 3.05) is 31.1 Å². The highest BCUT2D eigenvalue weighted by molar-refractivity contribution is 7.89. The molecule has 2 aliphatic rings. The summed E-state index contributed by atoms with van der Waals surface area (Å²) in [5.41, 5.74) is 2.65. The van der Waals surface area contributed by atoms with Crippen LogP contribution in [0.2, 0.25) is 0 Å². The summed E-state index contributed by atoms with van der Waals surface area (Å²) in [4.78, 5) is 0. The fourth-order valence-electron chi connectivity index (χ4n) is 3.52. The summed E-state index contributed by atoms with van der Waals surface area (Å²) in [7, 11) is -6.52. The highest BCUT2D eigenvalue weighted by Crippen LogP contribution is 2.28. The number of hydrogen-bond donors (Lipinski definition) is 1. The number of hydrogen-bond acceptors (Lipinski definition) is 4. The normalized spacial score (nSPS) is 21.2. The zero-order valence-corrected chi connectivity index (χ0v) is 15.3. The lowest BCUT2D eigenvalue weighted by Crippen LogP contribution is -2.37. The SMILES string of the molecule is O=S(=O)(CCC1Cc2ccccc2C1)NCCN1CCCS1(=O)=O. The van der Waals surface area contributed by atoms with Gasteiger partial charge in [-0.25, -0.2) is 25.9 Å². The maximum atomic E-state index is 12.1. The van der Waals surface area contributed by atoms with E-state index in [0.717, 1.165) is 12.8 Å². The van der Waals surface area contributed by atoms with E-state index in [2.05, 4.69) is 16.9 Å². The molecule has 0 unspecified atom stereocenters. The summed E-state index contributed by atoms with van der Waals surface area (Å²) in [6, 6.07) is 8.26. The van der Waals surface area contributed by atoms with Crippen LogP contribution in [0.25, 0.3) is 0 Å². The molecule has 1 saturated heterocycles. The van der Waals surface area contributed by atoms with Crippen LogP contribution in [0.5, 0.6) is 0 Å². The van der Waals surface area contributed by atoms with E-state index in [-0.39, 0.29) is 24.6 Å². The second-order valence-corrected chi connectivity index (χ2v) is 10.6. The van der Waals surface area contributed by atoms with Crippen molar-refractivity contribution in [1.29, 1.82) is 0 Å². The summed E-state index contributed by atoms with van der Waals surface area (Å²) in [6.45, 7) is 0.854. The monoisotopic (exact) mass is 372 g/mol. The molecule has 0 aromatic heterocycles. The predicted octanol–water partition coefficient (Wildman–Crippen LogP) is 0.746. The van der Waals surface area contributed by atoms with Gasteiger partial charge >= 0.3 is 0 Å². The van der Waals surface area contributed by atoms with Gasteiger partial charge < -0.3 is 0 Å². The van der Waals surface area contributed by atoms with Crippen LogP contribution in [-0.4, -0.2) is 52.3 Å². The molecule has 0 amide bonds. The Morgan fingerprint density at radius 3 is 2.42 bits per heavy atom. The number of fused-ring (bicyclic) bond motifs is 1. The van der Waals surface area contributed by atoms with Crippen LogP contribution < -0.4 is 4.72 Å². The number of rotatable bonds is 7. The Morgan fingerprint density at radius 2 is 1.83 bits per heavy atom. The smallest absolute Gasteiger partial charge is 0.214 e. The molecule has 0 saturated carbocycles. The standard InChI is InChI=1S/C16H24N2O4S2/c19-23(20,17-7-9-18-8-3-10-24(18,21)22)11-6-14-12-15-4-1-2-5-16(15)13-14/h1-2,4-5,14,17H,3,6-13H2. The molecule has 3 rings (SSSR count). The second kappa shape index (κ2) is 7.11. The number of sulfonamides is 2. The van der Waals surface area contributed by atoms with Gasteiger partial charge in [-0.2, -0.15) is 0 Å². The first kappa shape index (κ1) is 17.8. The first-order valence-corrected chi connectivity index (χ1v) is 11.6. The highest BCUT2D eigenvalue weighted by atomic mass is 32.2. The molecule has 0 atom stereocenters. The van der Waals surface area contributed by atoms with Crippen LogP contribution in [0.15, 0.2) is 24.3 Å². The minimum Gasteiger partial charge on any atom is -0.214 e. The molecule has 1 N–H and O–H groups in total. The summed E-state index contributed by atoms with van der Waals surface area (Å²) in [6.07, 6.45) is 3.14. The Balaban J connectivity index is 1.42. The largest absolute Gasteiger partial charge is 0.214 e. The first-order valence-electron chi connectivity index (χ1n) is 8.38. The molecule has 1 aliphatic heterocycles. The van der Waals surface area contributed by atoms with Crippen molar-refractivity contribution in [3.05, 3.63) is 35.4 Å². The van der Waals surface area contributed by atoms with E-state index in [0.29, 0.717) is 25.3 Å². The molecule has 134 valence electrons. The topological polar surface area (TPSA) is 83.6 Å². The molecule has 8 heteroatoms. The van der Waals surface area contributed by atoms with Gasteiger partial charge in [0.1, 0.15) is 0 Å². The fraction of sp³-hybridized carbons (Fsp3) is 0.625. The van der Waals surface area contributed by atoms with Gasteiger partial charge in [-0.1, -0.05) is 24.3 Å². The van der Waals surface area contributed by atoms with Crippen molar-refractivity contribution in [1.82, 2.24) is 9.03 Å². The van der Waals surface area contributed by atoms with Crippen molar-refractivity contribution >= 4 is 20.0 Å². The second-order valence-electron chi connectivity index (χ2n) is 6.61. The third-order valence-corrected chi connectivity index (χ3v) is 8.19. The molecule has 0 spiro atoms. The van der Waals surface area contributed by atoms with Crippen molar-refractivity contribution in [2.24, 2.45) is 5.92 Å². The van der Waals surface area contributed by atoms with Crippen LogP contribution in [0, 0.1) is 5.92 Å². The molecular formula is C16H24N2O4S2. The molecule has 0 bridgehead atoms. The van der Waals surface area contributed by atoms with E-state index in [1.165, 1.54) is 15.4 Å². The van der Waals surface area contributed by atoms with Crippen LogP contribution in [0.3, 0.4) is 0 Å². The Kier molecular flexibility index (Phi) is 5.29. The van der Waals surface area contributed by atoms with Gasteiger partial charge in [0.05, 0.1) is 11.5 Å². The van der Waals surface area contributed by atoms with Gasteiger partial charge in [0.2, 0.25) is 20.0 Å². The summed E-state index contributed by atoms with van der Waals surface area (Å²) in [5, 5.41) is 0. The molecule has 1 aromatic carbocycles. The van der Waals surface area contributed by atoms with Gasteiger partial charge in [-0.15, -0.1) is 0 Å². The average Bonchev–Trinajstić information content (AvgIpc) is 3.08. The lowest BCUT2D eigenvalue weighted by atomic mass is 10.0. The van der Waals surface area contributed by atoms with E-state index >= 15 is 0 Å².